The maximum Gasteiger partial charge on any atom is 0.0701 e. The van der Waals surface area contributed by atoms with Gasteiger partial charge in [-0.1, -0.05) is 20.8 Å². The fraction of sp³-hybridized carbons (Fsp3) is 1.00. The molecule has 132 valence electrons. The average molecular weight is 321 g/mol. The Bertz CT molecular complexity index is 476. The number of rotatable bonds is 1. The minimum atomic E-state index is -0.414. The van der Waals surface area contributed by atoms with E-state index in [9.17, 15) is 10.2 Å². The van der Waals surface area contributed by atoms with Gasteiger partial charge in [0, 0.05) is 0 Å². The van der Waals surface area contributed by atoms with Gasteiger partial charge in [0.15, 0.2) is 0 Å². The first-order chi connectivity index (χ1) is 10.8. The van der Waals surface area contributed by atoms with Gasteiger partial charge in [-0.3, -0.25) is 0 Å². The van der Waals surface area contributed by atoms with Gasteiger partial charge < -0.3 is 10.2 Å². The normalized spacial score (nSPS) is 59.1. The van der Waals surface area contributed by atoms with Crippen LogP contribution >= 0.6 is 0 Å². The van der Waals surface area contributed by atoms with Crippen molar-refractivity contribution in [2.75, 3.05) is 0 Å². The Hall–Kier alpha value is -0.0800. The van der Waals surface area contributed by atoms with Crippen LogP contribution in [-0.2, 0) is 0 Å². The van der Waals surface area contributed by atoms with E-state index >= 15 is 0 Å². The van der Waals surface area contributed by atoms with Crippen LogP contribution in [0, 0.1) is 34.5 Å². The zero-order valence-electron chi connectivity index (χ0n) is 15.4. The molecule has 4 rings (SSSR count). The highest BCUT2D eigenvalue weighted by molar-refractivity contribution is 5.13. The summed E-state index contributed by atoms with van der Waals surface area (Å²) >= 11 is 0. The van der Waals surface area contributed by atoms with Crippen molar-refractivity contribution in [3.05, 3.63) is 0 Å². The monoisotopic (exact) mass is 320 g/mol. The second kappa shape index (κ2) is 5.21. The molecule has 0 aromatic carbocycles. The molecule has 0 saturated heterocycles. The number of aliphatic hydroxyl groups excluding tert-OH is 1. The summed E-state index contributed by atoms with van der Waals surface area (Å²) in [6, 6.07) is 0. The van der Waals surface area contributed by atoms with Crippen LogP contribution in [0.25, 0.3) is 0 Å². The first kappa shape index (κ1) is 16.4. The SMILES string of the molecule is CC[C@@]1(O)CCC2C3CC[C@H]4C[C@@H](O)CCC4(C)C3CCC21C. The van der Waals surface area contributed by atoms with Crippen LogP contribution in [0.1, 0.15) is 85.0 Å². The molecule has 0 spiro atoms. The van der Waals surface area contributed by atoms with E-state index in [1.165, 1.54) is 38.5 Å². The lowest BCUT2D eigenvalue weighted by Gasteiger charge is -2.61. The Morgan fingerprint density at radius 2 is 1.65 bits per heavy atom. The summed E-state index contributed by atoms with van der Waals surface area (Å²) in [4.78, 5) is 0. The van der Waals surface area contributed by atoms with E-state index in [1.54, 1.807) is 0 Å². The molecule has 0 aromatic rings. The van der Waals surface area contributed by atoms with Gasteiger partial charge in [0.05, 0.1) is 11.7 Å². The summed E-state index contributed by atoms with van der Waals surface area (Å²) in [6.07, 6.45) is 11.6. The van der Waals surface area contributed by atoms with E-state index in [0.29, 0.717) is 5.41 Å². The fourth-order valence-electron chi connectivity index (χ4n) is 7.93. The first-order valence-corrected chi connectivity index (χ1v) is 10.2. The van der Waals surface area contributed by atoms with Gasteiger partial charge in [-0.25, -0.2) is 0 Å². The van der Waals surface area contributed by atoms with Crippen LogP contribution in [0.3, 0.4) is 0 Å². The summed E-state index contributed by atoms with van der Waals surface area (Å²) in [6.45, 7) is 7.13. The average Bonchev–Trinajstić information content (AvgIpc) is 2.80. The molecule has 4 saturated carbocycles. The summed E-state index contributed by atoms with van der Waals surface area (Å²) in [5.74, 6) is 3.14. The first-order valence-electron chi connectivity index (χ1n) is 10.2. The molecular formula is C21H36O2. The molecule has 2 heteroatoms. The molecule has 0 aromatic heterocycles. The fourth-order valence-corrected chi connectivity index (χ4v) is 7.93. The van der Waals surface area contributed by atoms with E-state index in [0.717, 1.165) is 49.4 Å². The van der Waals surface area contributed by atoms with Gasteiger partial charge in [-0.15, -0.1) is 0 Å². The third kappa shape index (κ3) is 2.06. The molecule has 23 heavy (non-hydrogen) atoms. The third-order valence-electron chi connectivity index (χ3n) is 9.54. The zero-order valence-corrected chi connectivity index (χ0v) is 15.4. The van der Waals surface area contributed by atoms with Crippen LogP contribution < -0.4 is 0 Å². The smallest absolute Gasteiger partial charge is 0.0701 e. The lowest BCUT2D eigenvalue weighted by Crippen LogP contribution is -2.56. The molecule has 4 fully saturated rings. The Kier molecular flexibility index (Phi) is 3.71. The molecule has 0 amide bonds. The maximum absolute atomic E-state index is 11.2. The second-order valence-corrected chi connectivity index (χ2v) is 9.97. The van der Waals surface area contributed by atoms with Crippen LogP contribution in [0.2, 0.25) is 0 Å². The van der Waals surface area contributed by atoms with Crippen molar-refractivity contribution < 1.29 is 10.2 Å². The molecule has 0 bridgehead atoms. The molecule has 4 aliphatic rings. The van der Waals surface area contributed by atoms with Crippen LogP contribution in [-0.4, -0.2) is 21.9 Å². The van der Waals surface area contributed by atoms with Crippen molar-refractivity contribution in [1.29, 1.82) is 0 Å². The predicted molar refractivity (Wildman–Crippen MR) is 93.0 cm³/mol. The highest BCUT2D eigenvalue weighted by Crippen LogP contribution is 2.68. The summed E-state index contributed by atoms with van der Waals surface area (Å²) in [7, 11) is 0. The Morgan fingerprint density at radius 1 is 0.913 bits per heavy atom. The summed E-state index contributed by atoms with van der Waals surface area (Å²) in [5, 5.41) is 21.4. The summed E-state index contributed by atoms with van der Waals surface area (Å²) in [5.41, 5.74) is 0.194. The van der Waals surface area contributed by atoms with Crippen molar-refractivity contribution in [1.82, 2.24) is 0 Å². The molecule has 2 nitrogen and oxygen atoms in total. The van der Waals surface area contributed by atoms with Crippen LogP contribution in [0.5, 0.6) is 0 Å². The van der Waals surface area contributed by atoms with Gasteiger partial charge >= 0.3 is 0 Å². The maximum atomic E-state index is 11.2. The van der Waals surface area contributed by atoms with Gasteiger partial charge in [0.2, 0.25) is 0 Å². The standard InChI is InChI=1S/C21H36O2/c1-4-21(23)12-9-18-16-6-5-14-13-15(22)7-10-19(14,2)17(16)8-11-20(18,21)3/h14-18,22-23H,4-13H2,1-3H3/t14-,15-,16?,17?,18?,19?,20?,21+/m0/s1. The van der Waals surface area contributed by atoms with Crippen molar-refractivity contribution in [3.63, 3.8) is 0 Å². The third-order valence-corrected chi connectivity index (χ3v) is 9.54. The Labute approximate surface area is 142 Å². The Balaban J connectivity index is 1.63. The van der Waals surface area contributed by atoms with E-state index in [1.807, 2.05) is 0 Å². The minimum Gasteiger partial charge on any atom is -0.393 e. The molecule has 0 radical (unpaired) electrons. The number of fused-ring (bicyclic) bond motifs is 5. The molecular weight excluding hydrogens is 284 g/mol. The lowest BCUT2D eigenvalue weighted by molar-refractivity contribution is -0.159. The highest BCUT2D eigenvalue weighted by atomic mass is 16.3. The van der Waals surface area contributed by atoms with Gasteiger partial charge in [-0.2, -0.15) is 0 Å². The van der Waals surface area contributed by atoms with E-state index in [-0.39, 0.29) is 11.5 Å². The highest BCUT2D eigenvalue weighted by Gasteiger charge is 2.63. The number of aliphatic hydroxyl groups is 2. The molecule has 4 aliphatic carbocycles. The molecule has 8 atom stereocenters. The Morgan fingerprint density at radius 3 is 2.39 bits per heavy atom. The topological polar surface area (TPSA) is 40.5 Å². The molecule has 0 heterocycles. The molecule has 0 aliphatic heterocycles. The van der Waals surface area contributed by atoms with Crippen molar-refractivity contribution in [2.24, 2.45) is 34.5 Å². The lowest BCUT2D eigenvalue weighted by atomic mass is 9.44. The van der Waals surface area contributed by atoms with Gasteiger partial charge in [0.25, 0.3) is 0 Å². The van der Waals surface area contributed by atoms with Gasteiger partial charge in [-0.05, 0) is 98.7 Å². The number of hydrogen-bond donors (Lipinski definition) is 2. The largest absolute Gasteiger partial charge is 0.393 e. The van der Waals surface area contributed by atoms with Crippen LogP contribution in [0.15, 0.2) is 0 Å². The van der Waals surface area contributed by atoms with E-state index in [2.05, 4.69) is 20.8 Å². The van der Waals surface area contributed by atoms with Crippen molar-refractivity contribution in [2.45, 2.75) is 96.7 Å². The minimum absolute atomic E-state index is 0.0462. The van der Waals surface area contributed by atoms with Crippen molar-refractivity contribution in [3.8, 4) is 0 Å². The van der Waals surface area contributed by atoms with Crippen molar-refractivity contribution >= 4 is 0 Å². The summed E-state index contributed by atoms with van der Waals surface area (Å²) < 4.78 is 0. The van der Waals surface area contributed by atoms with Crippen LogP contribution in [0.4, 0.5) is 0 Å². The van der Waals surface area contributed by atoms with Gasteiger partial charge in [0.1, 0.15) is 0 Å². The zero-order chi connectivity index (χ0) is 16.5. The molecule has 2 N–H and O–H groups in total. The van der Waals surface area contributed by atoms with E-state index in [4.69, 9.17) is 0 Å². The predicted octanol–water partition coefficient (Wildman–Crippen LogP) is 4.53. The number of hydrogen-bond acceptors (Lipinski definition) is 2. The second-order valence-electron chi connectivity index (χ2n) is 9.97. The quantitative estimate of drug-likeness (QED) is 0.745. The van der Waals surface area contributed by atoms with E-state index < -0.39 is 5.60 Å². The molecule has 5 unspecified atom stereocenters.